The van der Waals surface area contributed by atoms with E-state index in [-0.39, 0.29) is 29.9 Å². The van der Waals surface area contributed by atoms with Crippen LogP contribution in [0.1, 0.15) is 12.8 Å². The lowest BCUT2D eigenvalue weighted by Crippen LogP contribution is -2.36. The smallest absolute Gasteiger partial charge is 0.222 e. The van der Waals surface area contributed by atoms with Gasteiger partial charge in [0.25, 0.3) is 0 Å². The second-order valence-electron chi connectivity index (χ2n) is 5.58. The van der Waals surface area contributed by atoms with Crippen molar-refractivity contribution in [2.24, 2.45) is 0 Å². The van der Waals surface area contributed by atoms with Gasteiger partial charge < -0.3 is 10.6 Å². The average Bonchev–Trinajstić information content (AvgIpc) is 2.86. The van der Waals surface area contributed by atoms with Crippen molar-refractivity contribution in [1.82, 2.24) is 15.3 Å². The Bertz CT molecular complexity index is 817. The number of carbonyl (C=O) groups excluding carboxylic acids is 1. The van der Waals surface area contributed by atoms with Gasteiger partial charge in [0, 0.05) is 24.4 Å². The Balaban J connectivity index is 1.52. The first-order chi connectivity index (χ1) is 11.0. The highest BCUT2D eigenvalue weighted by Gasteiger charge is 2.28. The zero-order valence-electron chi connectivity index (χ0n) is 12.5. The van der Waals surface area contributed by atoms with Crippen LogP contribution in [-0.2, 0) is 14.6 Å². The summed E-state index contributed by atoms with van der Waals surface area (Å²) in [6.07, 6.45) is 2.24. The lowest BCUT2D eigenvalue weighted by molar-refractivity contribution is -0.121. The zero-order valence-corrected chi connectivity index (χ0v) is 13.3. The lowest BCUT2D eigenvalue weighted by atomic mass is 10.2. The van der Waals surface area contributed by atoms with Crippen LogP contribution >= 0.6 is 0 Å². The van der Waals surface area contributed by atoms with Gasteiger partial charge in [-0.25, -0.2) is 18.4 Å². The molecule has 122 valence electrons. The summed E-state index contributed by atoms with van der Waals surface area (Å²) in [5.74, 6) is 0.732. The fourth-order valence-corrected chi connectivity index (χ4v) is 4.32. The number of benzene rings is 1. The number of hydrogen-bond acceptors (Lipinski definition) is 6. The predicted molar refractivity (Wildman–Crippen MR) is 87.8 cm³/mol. The van der Waals surface area contributed by atoms with E-state index >= 15 is 0 Å². The number of aromatic nitrogens is 2. The van der Waals surface area contributed by atoms with Gasteiger partial charge >= 0.3 is 0 Å². The molecule has 1 amide bonds. The summed E-state index contributed by atoms with van der Waals surface area (Å²) in [5.41, 5.74) is 0.839. The molecule has 3 rings (SSSR count). The fourth-order valence-electron chi connectivity index (χ4n) is 2.65. The van der Waals surface area contributed by atoms with Crippen LogP contribution in [0, 0.1) is 0 Å². The number of nitrogens with zero attached hydrogens (tertiary/aromatic N) is 2. The van der Waals surface area contributed by atoms with Gasteiger partial charge in [0.15, 0.2) is 9.84 Å². The largest absolute Gasteiger partial charge is 0.369 e. The first-order valence-electron chi connectivity index (χ1n) is 7.47. The van der Waals surface area contributed by atoms with Gasteiger partial charge in [-0.05, 0) is 18.6 Å². The van der Waals surface area contributed by atoms with Gasteiger partial charge in [-0.15, -0.1) is 0 Å². The highest BCUT2D eigenvalue weighted by atomic mass is 32.2. The molecule has 2 heterocycles. The van der Waals surface area contributed by atoms with Gasteiger partial charge in [-0.2, -0.15) is 0 Å². The topological polar surface area (TPSA) is 101 Å². The Morgan fingerprint density at radius 1 is 1.26 bits per heavy atom. The number of amides is 1. The van der Waals surface area contributed by atoms with Crippen molar-refractivity contribution in [3.8, 4) is 0 Å². The van der Waals surface area contributed by atoms with E-state index in [0.29, 0.717) is 18.8 Å². The summed E-state index contributed by atoms with van der Waals surface area (Å²) >= 11 is 0. The van der Waals surface area contributed by atoms with Crippen LogP contribution in [0.5, 0.6) is 0 Å². The minimum atomic E-state index is -2.98. The SMILES string of the molecule is O=C(CCNc1ncnc2ccccc12)NC1CCS(=O)(=O)C1. The van der Waals surface area contributed by atoms with E-state index in [9.17, 15) is 13.2 Å². The molecule has 1 atom stereocenters. The number of sulfone groups is 1. The minimum Gasteiger partial charge on any atom is -0.369 e. The van der Waals surface area contributed by atoms with Gasteiger partial charge in [-0.3, -0.25) is 4.79 Å². The molecule has 2 aromatic rings. The van der Waals surface area contributed by atoms with Crippen LogP contribution in [0.4, 0.5) is 5.82 Å². The first kappa shape index (κ1) is 15.7. The quantitative estimate of drug-likeness (QED) is 0.836. The second kappa shape index (κ2) is 6.49. The number of anilines is 1. The zero-order chi connectivity index (χ0) is 16.3. The van der Waals surface area contributed by atoms with Crippen LogP contribution in [0.15, 0.2) is 30.6 Å². The molecule has 2 N–H and O–H groups in total. The van der Waals surface area contributed by atoms with Crippen molar-refractivity contribution in [2.45, 2.75) is 18.9 Å². The number of fused-ring (bicyclic) bond motifs is 1. The molecular weight excluding hydrogens is 316 g/mol. The van der Waals surface area contributed by atoms with E-state index in [4.69, 9.17) is 0 Å². The Labute approximate surface area is 134 Å². The third-order valence-corrected chi connectivity index (χ3v) is 5.55. The second-order valence-corrected chi connectivity index (χ2v) is 7.81. The molecule has 23 heavy (non-hydrogen) atoms. The van der Waals surface area contributed by atoms with Crippen LogP contribution in [0.25, 0.3) is 10.9 Å². The lowest BCUT2D eigenvalue weighted by Gasteiger charge is -2.11. The summed E-state index contributed by atoms with van der Waals surface area (Å²) < 4.78 is 22.7. The molecule has 8 heteroatoms. The standard InChI is InChI=1S/C15H18N4O3S/c20-14(19-11-6-8-23(21,22)9-11)5-7-16-15-12-3-1-2-4-13(12)17-10-18-15/h1-4,10-11H,5-9H2,(H,19,20)(H,16,17,18). The molecule has 1 saturated heterocycles. The van der Waals surface area contributed by atoms with Crippen LogP contribution in [-0.4, -0.2) is 48.4 Å². The van der Waals surface area contributed by atoms with Crippen molar-refractivity contribution >= 4 is 32.5 Å². The Morgan fingerprint density at radius 3 is 2.87 bits per heavy atom. The molecule has 1 fully saturated rings. The molecule has 1 aromatic heterocycles. The molecule has 0 spiro atoms. The van der Waals surface area contributed by atoms with Crippen molar-refractivity contribution in [3.63, 3.8) is 0 Å². The van der Waals surface area contributed by atoms with Gasteiger partial charge in [0.05, 0.1) is 17.0 Å². The van der Waals surface area contributed by atoms with Gasteiger partial charge in [-0.1, -0.05) is 12.1 Å². The molecule has 0 radical (unpaired) electrons. The van der Waals surface area contributed by atoms with Gasteiger partial charge in [0.2, 0.25) is 5.91 Å². The number of nitrogens with one attached hydrogen (secondary N) is 2. The summed E-state index contributed by atoms with van der Waals surface area (Å²) in [7, 11) is -2.98. The maximum Gasteiger partial charge on any atom is 0.222 e. The van der Waals surface area contributed by atoms with Crippen molar-refractivity contribution in [3.05, 3.63) is 30.6 Å². The molecule has 1 aliphatic heterocycles. The molecular formula is C15H18N4O3S. The average molecular weight is 334 g/mol. The molecule has 0 saturated carbocycles. The first-order valence-corrected chi connectivity index (χ1v) is 9.29. The molecule has 7 nitrogen and oxygen atoms in total. The molecule has 1 unspecified atom stereocenters. The summed E-state index contributed by atoms with van der Waals surface area (Å²) in [6.45, 7) is 0.423. The van der Waals surface area contributed by atoms with E-state index in [2.05, 4.69) is 20.6 Å². The van der Waals surface area contributed by atoms with Crippen LogP contribution in [0.3, 0.4) is 0 Å². The predicted octanol–water partition coefficient (Wildman–Crippen LogP) is 0.735. The van der Waals surface area contributed by atoms with Crippen molar-refractivity contribution in [1.29, 1.82) is 0 Å². The summed E-state index contributed by atoms with van der Waals surface area (Å²) in [4.78, 5) is 20.3. The van der Waals surface area contributed by atoms with E-state index in [1.807, 2.05) is 24.3 Å². The third-order valence-electron chi connectivity index (χ3n) is 3.78. The number of carbonyl (C=O) groups is 1. The van der Waals surface area contributed by atoms with E-state index in [1.165, 1.54) is 6.33 Å². The molecule has 1 aliphatic rings. The highest BCUT2D eigenvalue weighted by molar-refractivity contribution is 7.91. The minimum absolute atomic E-state index is 0.0444. The van der Waals surface area contributed by atoms with Crippen LogP contribution < -0.4 is 10.6 Å². The normalized spacial score (nSPS) is 19.6. The molecule has 0 bridgehead atoms. The van der Waals surface area contributed by atoms with Gasteiger partial charge in [0.1, 0.15) is 12.1 Å². The molecule has 0 aliphatic carbocycles. The Hall–Kier alpha value is -2.22. The Morgan fingerprint density at radius 2 is 2.09 bits per heavy atom. The molecule has 1 aromatic carbocycles. The third kappa shape index (κ3) is 3.95. The maximum atomic E-state index is 11.9. The monoisotopic (exact) mass is 334 g/mol. The summed E-state index contributed by atoms with van der Waals surface area (Å²) in [5, 5.41) is 6.80. The van der Waals surface area contributed by atoms with E-state index in [0.717, 1.165) is 10.9 Å². The van der Waals surface area contributed by atoms with Crippen LogP contribution in [0.2, 0.25) is 0 Å². The Kier molecular flexibility index (Phi) is 4.42. The van der Waals surface area contributed by atoms with E-state index in [1.54, 1.807) is 0 Å². The highest BCUT2D eigenvalue weighted by Crippen LogP contribution is 2.18. The maximum absolute atomic E-state index is 11.9. The fraction of sp³-hybridized carbons (Fsp3) is 0.400. The number of hydrogen-bond donors (Lipinski definition) is 2. The summed E-state index contributed by atoms with van der Waals surface area (Å²) in [6, 6.07) is 7.37. The van der Waals surface area contributed by atoms with Crippen molar-refractivity contribution in [2.75, 3.05) is 23.4 Å². The van der Waals surface area contributed by atoms with E-state index < -0.39 is 9.84 Å². The van der Waals surface area contributed by atoms with Crippen molar-refractivity contribution < 1.29 is 13.2 Å². The number of rotatable bonds is 5. The number of para-hydroxylation sites is 1.